The highest BCUT2D eigenvalue weighted by molar-refractivity contribution is 5.71. The Morgan fingerprint density at radius 2 is 0.591 bits per heavy atom. The molecule has 0 aromatic heterocycles. The molecule has 0 aliphatic heterocycles. The lowest BCUT2D eigenvalue weighted by Gasteiger charge is -2.18. The Bertz CT molecular complexity index is 1200. The minimum Gasteiger partial charge on any atom is -0.462 e. The van der Waals surface area contributed by atoms with Crippen molar-refractivity contribution in [1.82, 2.24) is 0 Å². The van der Waals surface area contributed by atoms with Gasteiger partial charge in [0.1, 0.15) is 13.2 Å². The third-order valence-corrected chi connectivity index (χ3v) is 12.3. The van der Waals surface area contributed by atoms with E-state index in [1.165, 1.54) is 154 Å². The van der Waals surface area contributed by atoms with Crippen LogP contribution in [-0.4, -0.2) is 37.2 Å². The summed E-state index contributed by atoms with van der Waals surface area (Å²) in [6.07, 6.45) is 67.8. The van der Waals surface area contributed by atoms with Crippen LogP contribution < -0.4 is 0 Å². The van der Waals surface area contributed by atoms with Crippen LogP contribution in [0.25, 0.3) is 0 Å². The molecule has 0 fully saturated rings. The summed E-state index contributed by atoms with van der Waals surface area (Å²) in [5.74, 6) is -0.886. The van der Waals surface area contributed by atoms with Gasteiger partial charge in [0.15, 0.2) is 6.10 Å². The fourth-order valence-electron chi connectivity index (χ4n) is 8.02. The summed E-state index contributed by atoms with van der Waals surface area (Å²) in [6.45, 7) is 6.52. The van der Waals surface area contributed by atoms with Crippen LogP contribution in [0.15, 0.2) is 60.8 Å². The molecular formula is C60H106O6. The molecule has 0 aromatic carbocycles. The molecule has 0 bridgehead atoms. The van der Waals surface area contributed by atoms with E-state index in [-0.39, 0.29) is 31.1 Å². The standard InChI is InChI=1S/C60H106O6/c1-4-7-10-13-16-19-22-24-26-28-30-32-34-36-38-41-44-47-50-53-59(62)65-56-57(55-64-58(61)52-49-46-43-40-21-18-15-12-9-6-3)66-60(63)54-51-48-45-42-39-37-35-33-31-29-27-25-23-20-17-14-11-8-5-2/h7,10,16,19,24-27,30,32,57H,4-6,8-9,11-15,17-18,20-23,28-29,31,33-56H2,1-3H3/b10-7-,19-16-,26-24-,27-25-,32-30-. The van der Waals surface area contributed by atoms with Gasteiger partial charge in [-0.15, -0.1) is 0 Å². The summed E-state index contributed by atoms with van der Waals surface area (Å²) in [7, 11) is 0. The van der Waals surface area contributed by atoms with Gasteiger partial charge in [-0.25, -0.2) is 0 Å². The van der Waals surface area contributed by atoms with Gasteiger partial charge in [0, 0.05) is 19.3 Å². The number of rotatable bonds is 51. The Morgan fingerprint density at radius 1 is 0.318 bits per heavy atom. The van der Waals surface area contributed by atoms with Crippen LogP contribution in [0.4, 0.5) is 0 Å². The Labute approximate surface area is 409 Å². The third kappa shape index (κ3) is 52.1. The van der Waals surface area contributed by atoms with E-state index in [0.717, 1.165) is 89.9 Å². The first-order chi connectivity index (χ1) is 32.5. The molecule has 0 N–H and O–H groups in total. The maximum atomic E-state index is 12.8. The molecule has 0 spiro atoms. The number of hydrogen-bond acceptors (Lipinski definition) is 6. The molecular weight excluding hydrogens is 817 g/mol. The molecule has 0 amide bonds. The molecule has 0 aliphatic carbocycles. The summed E-state index contributed by atoms with van der Waals surface area (Å²) in [6, 6.07) is 0. The molecule has 0 aromatic rings. The number of hydrogen-bond donors (Lipinski definition) is 0. The molecule has 66 heavy (non-hydrogen) atoms. The van der Waals surface area contributed by atoms with Crippen molar-refractivity contribution < 1.29 is 28.6 Å². The normalized spacial score (nSPS) is 12.5. The van der Waals surface area contributed by atoms with Crippen LogP contribution in [0.2, 0.25) is 0 Å². The molecule has 6 heteroatoms. The molecule has 0 aliphatic rings. The number of unbranched alkanes of at least 4 members (excludes halogenated alkanes) is 30. The van der Waals surface area contributed by atoms with Crippen molar-refractivity contribution in [3.63, 3.8) is 0 Å². The Morgan fingerprint density at radius 3 is 0.939 bits per heavy atom. The summed E-state index contributed by atoms with van der Waals surface area (Å²) in [5.41, 5.74) is 0. The van der Waals surface area contributed by atoms with Gasteiger partial charge in [0.2, 0.25) is 0 Å². The minimum absolute atomic E-state index is 0.0774. The smallest absolute Gasteiger partial charge is 0.306 e. The number of ether oxygens (including phenoxy) is 3. The molecule has 0 rings (SSSR count). The van der Waals surface area contributed by atoms with E-state index in [4.69, 9.17) is 14.2 Å². The van der Waals surface area contributed by atoms with Crippen molar-refractivity contribution in [1.29, 1.82) is 0 Å². The fourth-order valence-corrected chi connectivity index (χ4v) is 8.02. The second kappa shape index (κ2) is 54.7. The van der Waals surface area contributed by atoms with Crippen molar-refractivity contribution >= 4 is 17.9 Å². The van der Waals surface area contributed by atoms with Crippen LogP contribution in [0, 0.1) is 0 Å². The van der Waals surface area contributed by atoms with Crippen molar-refractivity contribution in [2.45, 2.75) is 290 Å². The zero-order valence-corrected chi connectivity index (χ0v) is 43.7. The lowest BCUT2D eigenvalue weighted by molar-refractivity contribution is -0.167. The molecule has 0 saturated carbocycles. The lowest BCUT2D eigenvalue weighted by Crippen LogP contribution is -2.30. The van der Waals surface area contributed by atoms with Crippen molar-refractivity contribution in [3.8, 4) is 0 Å². The summed E-state index contributed by atoms with van der Waals surface area (Å²) >= 11 is 0. The molecule has 0 saturated heterocycles. The fraction of sp³-hybridized carbons (Fsp3) is 0.783. The highest BCUT2D eigenvalue weighted by atomic mass is 16.6. The van der Waals surface area contributed by atoms with Gasteiger partial charge < -0.3 is 14.2 Å². The van der Waals surface area contributed by atoms with Crippen molar-refractivity contribution in [3.05, 3.63) is 60.8 Å². The second-order valence-electron chi connectivity index (χ2n) is 18.8. The third-order valence-electron chi connectivity index (χ3n) is 12.3. The lowest BCUT2D eigenvalue weighted by atomic mass is 10.1. The van der Waals surface area contributed by atoms with Crippen LogP contribution in [-0.2, 0) is 28.6 Å². The van der Waals surface area contributed by atoms with Gasteiger partial charge in [-0.1, -0.05) is 242 Å². The molecule has 0 radical (unpaired) electrons. The SMILES string of the molecule is CC/C=C\C/C=C\C/C=C\C/C=C\CCCCCCCCC(=O)OCC(COC(=O)CCCCCCCCCCCC)OC(=O)CCCCCCCCCCC/C=C\CCCCCCCC. The van der Waals surface area contributed by atoms with E-state index in [0.29, 0.717) is 19.3 Å². The average molecular weight is 924 g/mol. The van der Waals surface area contributed by atoms with Crippen LogP contribution in [0.3, 0.4) is 0 Å². The van der Waals surface area contributed by atoms with E-state index >= 15 is 0 Å². The first kappa shape index (κ1) is 63.1. The molecule has 382 valence electrons. The number of allylic oxidation sites excluding steroid dienone is 10. The molecule has 0 heterocycles. The molecule has 1 unspecified atom stereocenters. The van der Waals surface area contributed by atoms with Crippen LogP contribution >= 0.6 is 0 Å². The highest BCUT2D eigenvalue weighted by Gasteiger charge is 2.19. The van der Waals surface area contributed by atoms with Gasteiger partial charge >= 0.3 is 17.9 Å². The predicted molar refractivity (Wildman–Crippen MR) is 284 cm³/mol. The maximum absolute atomic E-state index is 12.8. The topological polar surface area (TPSA) is 78.9 Å². The van der Waals surface area contributed by atoms with E-state index < -0.39 is 6.10 Å². The Balaban J connectivity index is 4.33. The summed E-state index contributed by atoms with van der Waals surface area (Å²) in [5, 5.41) is 0. The zero-order chi connectivity index (χ0) is 47.9. The first-order valence-electron chi connectivity index (χ1n) is 28.3. The number of carbonyl (C=O) groups excluding carboxylic acids is 3. The molecule has 1 atom stereocenters. The monoisotopic (exact) mass is 923 g/mol. The van der Waals surface area contributed by atoms with Gasteiger partial charge in [0.25, 0.3) is 0 Å². The van der Waals surface area contributed by atoms with E-state index in [1.807, 2.05) is 0 Å². The number of esters is 3. The summed E-state index contributed by atoms with van der Waals surface area (Å²) in [4.78, 5) is 38.1. The van der Waals surface area contributed by atoms with Gasteiger partial charge in [-0.05, 0) is 83.5 Å². The quantitative estimate of drug-likeness (QED) is 0.0262. The Kier molecular flexibility index (Phi) is 52.3. The molecule has 6 nitrogen and oxygen atoms in total. The van der Waals surface area contributed by atoms with Gasteiger partial charge in [-0.3, -0.25) is 14.4 Å². The van der Waals surface area contributed by atoms with Crippen LogP contribution in [0.5, 0.6) is 0 Å². The average Bonchev–Trinajstić information content (AvgIpc) is 3.31. The van der Waals surface area contributed by atoms with Crippen LogP contribution in [0.1, 0.15) is 284 Å². The van der Waals surface area contributed by atoms with Crippen molar-refractivity contribution in [2.75, 3.05) is 13.2 Å². The minimum atomic E-state index is -0.779. The van der Waals surface area contributed by atoms with E-state index in [2.05, 4.69) is 81.5 Å². The summed E-state index contributed by atoms with van der Waals surface area (Å²) < 4.78 is 16.8. The van der Waals surface area contributed by atoms with E-state index in [1.54, 1.807) is 0 Å². The van der Waals surface area contributed by atoms with Gasteiger partial charge in [-0.2, -0.15) is 0 Å². The predicted octanol–water partition coefficient (Wildman–Crippen LogP) is 18.8. The maximum Gasteiger partial charge on any atom is 0.306 e. The van der Waals surface area contributed by atoms with Gasteiger partial charge in [0.05, 0.1) is 0 Å². The second-order valence-corrected chi connectivity index (χ2v) is 18.8. The number of carbonyl (C=O) groups is 3. The van der Waals surface area contributed by atoms with E-state index in [9.17, 15) is 14.4 Å². The zero-order valence-electron chi connectivity index (χ0n) is 43.7. The largest absolute Gasteiger partial charge is 0.462 e. The highest BCUT2D eigenvalue weighted by Crippen LogP contribution is 2.15. The first-order valence-corrected chi connectivity index (χ1v) is 28.3. The van der Waals surface area contributed by atoms with Crippen molar-refractivity contribution in [2.24, 2.45) is 0 Å². The Hall–Kier alpha value is -2.89.